The Morgan fingerprint density at radius 3 is 2.47 bits per heavy atom. The number of rotatable bonds is 11. The number of carbonyl (C=O) groups excluding carboxylic acids is 1. The van der Waals surface area contributed by atoms with Crippen molar-refractivity contribution in [2.75, 3.05) is 29.5 Å². The third kappa shape index (κ3) is 6.24. The second-order valence-corrected chi connectivity index (χ2v) is 10.5. The van der Waals surface area contributed by atoms with Crippen molar-refractivity contribution in [3.05, 3.63) is 96.2 Å². The number of aliphatic hydroxyl groups excluding tert-OH is 2. The van der Waals surface area contributed by atoms with E-state index in [-0.39, 0.29) is 37.5 Å². The van der Waals surface area contributed by atoms with Crippen LogP contribution in [-0.2, 0) is 16.1 Å². The molecule has 1 amide bonds. The monoisotopic (exact) mass is 611 g/mol. The van der Waals surface area contributed by atoms with Crippen molar-refractivity contribution in [2.24, 2.45) is 0 Å². The van der Waals surface area contributed by atoms with Crippen molar-refractivity contribution in [1.29, 1.82) is 0 Å². The Morgan fingerprint density at radius 2 is 1.78 bits per heavy atom. The summed E-state index contributed by atoms with van der Waals surface area (Å²) in [5.41, 5.74) is 9.56. The molecule has 3 aromatic heterocycles. The summed E-state index contributed by atoms with van der Waals surface area (Å²) in [7, 11) is 0. The van der Waals surface area contributed by atoms with Crippen LogP contribution >= 0.6 is 0 Å². The first-order valence-electron chi connectivity index (χ1n) is 15.1. The molecule has 2 aromatic carbocycles. The predicted molar refractivity (Wildman–Crippen MR) is 167 cm³/mol. The summed E-state index contributed by atoms with van der Waals surface area (Å²) >= 11 is 0. The maximum absolute atomic E-state index is 12.6. The van der Waals surface area contributed by atoms with E-state index in [2.05, 4.69) is 60.2 Å². The zero-order valence-electron chi connectivity index (χ0n) is 25.2. The largest absolute Gasteiger partial charge is 0.387 e. The highest BCUT2D eigenvalue weighted by Gasteiger charge is 2.47. The Kier molecular flexibility index (Phi) is 8.39. The number of hydrogen-bond donors (Lipinski definition) is 6. The molecule has 5 aromatic rings. The number of ether oxygens (including phenoxy) is 1. The van der Waals surface area contributed by atoms with Gasteiger partial charge in [-0.25, -0.2) is 15.0 Å². The lowest BCUT2D eigenvalue weighted by molar-refractivity contribution is -0.137. The first-order chi connectivity index (χ1) is 22.4. The molecule has 6 rings (SSSR count). The quantitative estimate of drug-likeness (QED) is 0.127. The number of anilines is 3. The van der Waals surface area contributed by atoms with Gasteiger partial charge in [-0.3, -0.25) is 9.36 Å². The molecule has 0 aliphatic carbocycles. The standard InChI is InChI=1S/C31H34N10O4/c1-2-34-29(44)25-23(42)24(43)30(45-25)41-17-38-22-27(39-31(40-28(22)41)36-14-20-13-33-16-37-26(20)32)35-15-21(18-9-5-3-6-10-18)19-11-7-4-8-12-19/h3-13,16-17,21,23-25,30,42-43H,2,14-15H2,1H3,(H,34,44)(H2,32,33,37)(H2,35,36,39,40)/t23-,24+,25-,30?/m0/s1/i1D. The van der Waals surface area contributed by atoms with Gasteiger partial charge < -0.3 is 36.6 Å². The summed E-state index contributed by atoms with van der Waals surface area (Å²) in [6.45, 7) is 0.736. The van der Waals surface area contributed by atoms with Gasteiger partial charge in [0.15, 0.2) is 29.3 Å². The number of amides is 1. The number of aromatic nitrogens is 6. The number of imidazole rings is 1. The molecule has 14 heteroatoms. The van der Waals surface area contributed by atoms with E-state index < -0.39 is 30.4 Å². The van der Waals surface area contributed by atoms with Crippen LogP contribution in [0.15, 0.2) is 79.5 Å². The van der Waals surface area contributed by atoms with Gasteiger partial charge in [-0.05, 0) is 18.0 Å². The van der Waals surface area contributed by atoms with Gasteiger partial charge >= 0.3 is 0 Å². The maximum atomic E-state index is 12.6. The van der Waals surface area contributed by atoms with Crippen molar-refractivity contribution >= 4 is 34.7 Å². The smallest absolute Gasteiger partial charge is 0.252 e. The fourth-order valence-electron chi connectivity index (χ4n) is 5.31. The fourth-order valence-corrected chi connectivity index (χ4v) is 5.31. The fraction of sp³-hybridized carbons (Fsp3) is 0.290. The molecule has 0 bridgehead atoms. The van der Waals surface area contributed by atoms with E-state index in [0.29, 0.717) is 29.3 Å². The van der Waals surface area contributed by atoms with E-state index >= 15 is 0 Å². The lowest BCUT2D eigenvalue weighted by Crippen LogP contribution is -2.42. The zero-order chi connectivity index (χ0) is 32.0. The Labute approximate surface area is 260 Å². The van der Waals surface area contributed by atoms with Crippen LogP contribution in [0.3, 0.4) is 0 Å². The summed E-state index contributed by atoms with van der Waals surface area (Å²) in [6.07, 6.45) is -1.12. The van der Waals surface area contributed by atoms with E-state index in [1.165, 1.54) is 17.2 Å². The first kappa shape index (κ1) is 28.6. The van der Waals surface area contributed by atoms with E-state index in [1.54, 1.807) is 6.20 Å². The van der Waals surface area contributed by atoms with E-state index in [0.717, 1.165) is 11.1 Å². The van der Waals surface area contributed by atoms with Crippen molar-refractivity contribution < 1.29 is 21.1 Å². The van der Waals surface area contributed by atoms with Crippen molar-refractivity contribution in [3.63, 3.8) is 0 Å². The summed E-state index contributed by atoms with van der Waals surface area (Å²) in [4.78, 5) is 34.6. The summed E-state index contributed by atoms with van der Waals surface area (Å²) < 4.78 is 14.6. The van der Waals surface area contributed by atoms with Crippen LogP contribution in [-0.4, -0.2) is 77.0 Å². The molecule has 1 unspecified atom stereocenters. The molecule has 1 aliphatic rings. The molecule has 1 aliphatic heterocycles. The minimum Gasteiger partial charge on any atom is -0.387 e. The normalized spacial score (nSPS) is 19.8. The molecular weight excluding hydrogens is 576 g/mol. The lowest BCUT2D eigenvalue weighted by Gasteiger charge is -2.20. The van der Waals surface area contributed by atoms with Crippen molar-refractivity contribution in [1.82, 2.24) is 34.8 Å². The number of nitrogens with zero attached hydrogens (tertiary/aromatic N) is 6. The second kappa shape index (κ2) is 13.2. The van der Waals surface area contributed by atoms with Gasteiger partial charge in [0.25, 0.3) is 5.91 Å². The van der Waals surface area contributed by atoms with Crippen molar-refractivity contribution in [3.8, 4) is 0 Å². The molecule has 0 saturated carbocycles. The van der Waals surface area contributed by atoms with Crippen LogP contribution < -0.4 is 21.7 Å². The number of carbonyl (C=O) groups is 1. The number of aliphatic hydroxyl groups is 2. The average Bonchev–Trinajstić information content (AvgIpc) is 3.64. The second-order valence-electron chi connectivity index (χ2n) is 10.5. The first-order valence-corrected chi connectivity index (χ1v) is 14.4. The molecule has 1 fully saturated rings. The predicted octanol–water partition coefficient (Wildman–Crippen LogP) is 1.81. The van der Waals surface area contributed by atoms with E-state index in [1.807, 2.05) is 36.4 Å². The number of fused-ring (bicyclic) bond motifs is 1. The van der Waals surface area contributed by atoms with Gasteiger partial charge in [-0.15, -0.1) is 0 Å². The summed E-state index contributed by atoms with van der Waals surface area (Å²) in [5.74, 6) is 0.296. The number of nitrogens with two attached hydrogens (primary N) is 1. The highest BCUT2D eigenvalue weighted by Crippen LogP contribution is 2.34. The Bertz CT molecular complexity index is 1740. The molecule has 4 atom stereocenters. The van der Waals surface area contributed by atoms with Crippen molar-refractivity contribution in [2.45, 2.75) is 43.9 Å². The SMILES string of the molecule is [2H]CCNC(=O)[C@H]1OC(n2cnc3c(NCC(c4ccccc4)c4ccccc4)nc(NCc4cncnc4N)nc32)[C@H](O)[C@@H]1O. The Hall–Kier alpha value is -5.18. The van der Waals surface area contributed by atoms with Crippen LogP contribution in [0.5, 0.6) is 0 Å². The zero-order valence-corrected chi connectivity index (χ0v) is 24.2. The minimum atomic E-state index is -1.51. The van der Waals surface area contributed by atoms with Gasteiger partial charge in [0.2, 0.25) is 5.95 Å². The molecule has 4 heterocycles. The number of nitrogen functional groups attached to an aromatic ring is 1. The minimum absolute atomic E-state index is 0.0229. The van der Waals surface area contributed by atoms with Crippen LogP contribution in [0.2, 0.25) is 0 Å². The van der Waals surface area contributed by atoms with E-state index in [9.17, 15) is 15.0 Å². The molecule has 232 valence electrons. The lowest BCUT2D eigenvalue weighted by atomic mass is 9.91. The number of hydrogen-bond acceptors (Lipinski definition) is 12. The molecule has 0 radical (unpaired) electrons. The van der Waals surface area contributed by atoms with Gasteiger partial charge in [0.1, 0.15) is 24.4 Å². The molecular formula is C31H34N10O4. The van der Waals surface area contributed by atoms with Gasteiger partial charge in [-0.2, -0.15) is 9.97 Å². The van der Waals surface area contributed by atoms with E-state index in [4.69, 9.17) is 16.8 Å². The maximum Gasteiger partial charge on any atom is 0.252 e. The third-order valence-electron chi connectivity index (χ3n) is 7.63. The summed E-state index contributed by atoms with van der Waals surface area (Å²) in [6, 6.07) is 20.2. The molecule has 14 nitrogen and oxygen atoms in total. The molecule has 1 saturated heterocycles. The highest BCUT2D eigenvalue weighted by molar-refractivity contribution is 5.85. The van der Waals surface area contributed by atoms with Crippen LogP contribution in [0.1, 0.15) is 37.1 Å². The number of likely N-dealkylation sites (N-methyl/N-ethyl adjacent to an activating group) is 1. The van der Waals surface area contributed by atoms with Crippen LogP contribution in [0, 0.1) is 0 Å². The number of benzene rings is 2. The Balaban J connectivity index is 1.35. The highest BCUT2D eigenvalue weighted by atomic mass is 16.6. The number of nitrogens with one attached hydrogen (secondary N) is 3. The van der Waals surface area contributed by atoms with Gasteiger partial charge in [0, 0.05) is 38.7 Å². The third-order valence-corrected chi connectivity index (χ3v) is 7.63. The molecule has 45 heavy (non-hydrogen) atoms. The summed E-state index contributed by atoms with van der Waals surface area (Å²) in [5, 5.41) is 30.8. The van der Waals surface area contributed by atoms with Gasteiger partial charge in [0.05, 0.1) is 6.33 Å². The molecule has 0 spiro atoms. The topological polar surface area (TPSA) is 198 Å². The van der Waals surface area contributed by atoms with Gasteiger partial charge in [-0.1, -0.05) is 60.7 Å². The van der Waals surface area contributed by atoms with Crippen LogP contribution in [0.25, 0.3) is 11.2 Å². The Morgan fingerprint density at radius 1 is 1.04 bits per heavy atom. The molecule has 7 N–H and O–H groups in total. The average molecular weight is 612 g/mol. The van der Waals surface area contributed by atoms with Crippen LogP contribution in [0.4, 0.5) is 17.6 Å².